The van der Waals surface area contributed by atoms with Gasteiger partial charge >= 0.3 is 0 Å². The van der Waals surface area contributed by atoms with Crippen molar-refractivity contribution in [2.24, 2.45) is 0 Å². The summed E-state index contributed by atoms with van der Waals surface area (Å²) >= 11 is 1.66. The van der Waals surface area contributed by atoms with Crippen LogP contribution < -0.4 is 5.56 Å². The largest absolute Gasteiger partial charge is 0.385 e. The molecule has 0 spiro atoms. The van der Waals surface area contributed by atoms with Crippen LogP contribution in [0.5, 0.6) is 0 Å². The Morgan fingerprint density at radius 1 is 1.43 bits per heavy atom. The molecule has 0 fully saturated rings. The van der Waals surface area contributed by atoms with Crippen molar-refractivity contribution in [2.75, 3.05) is 13.7 Å². The van der Waals surface area contributed by atoms with Gasteiger partial charge in [-0.15, -0.1) is 6.58 Å². The Hall–Kier alpha value is -1.59. The van der Waals surface area contributed by atoms with E-state index in [1.807, 2.05) is 30.3 Å². The zero-order valence-corrected chi connectivity index (χ0v) is 14.6. The molecule has 0 aliphatic heterocycles. The maximum atomic E-state index is 12.8. The Morgan fingerprint density at radius 2 is 2.22 bits per heavy atom. The van der Waals surface area contributed by atoms with Crippen LogP contribution in [0.1, 0.15) is 26.2 Å². The van der Waals surface area contributed by atoms with Gasteiger partial charge in [0, 0.05) is 25.5 Å². The lowest BCUT2D eigenvalue weighted by Crippen LogP contribution is -2.24. The molecule has 124 valence electrons. The SMILES string of the molecule is C=CCC[C@@H](C)Sc1nc2ccccc2c(=O)n1CCCOC. The summed E-state index contributed by atoms with van der Waals surface area (Å²) in [5.41, 5.74) is 0.795. The highest BCUT2D eigenvalue weighted by Gasteiger charge is 2.14. The van der Waals surface area contributed by atoms with Gasteiger partial charge in [-0.2, -0.15) is 0 Å². The van der Waals surface area contributed by atoms with Gasteiger partial charge in [-0.1, -0.05) is 36.9 Å². The van der Waals surface area contributed by atoms with Gasteiger partial charge in [-0.25, -0.2) is 4.98 Å². The number of hydrogen-bond acceptors (Lipinski definition) is 4. The molecule has 1 atom stereocenters. The number of fused-ring (bicyclic) bond motifs is 1. The monoisotopic (exact) mass is 332 g/mol. The quantitative estimate of drug-likeness (QED) is 0.302. The maximum Gasteiger partial charge on any atom is 0.262 e. The van der Waals surface area contributed by atoms with Crippen molar-refractivity contribution in [3.05, 3.63) is 47.3 Å². The van der Waals surface area contributed by atoms with Crippen LogP contribution >= 0.6 is 11.8 Å². The van der Waals surface area contributed by atoms with Crippen molar-refractivity contribution in [1.29, 1.82) is 0 Å². The molecule has 1 aromatic heterocycles. The number of aromatic nitrogens is 2. The first-order chi connectivity index (χ1) is 11.2. The van der Waals surface area contributed by atoms with Crippen LogP contribution in [0.3, 0.4) is 0 Å². The first-order valence-corrected chi connectivity index (χ1v) is 8.81. The molecule has 1 heterocycles. The third-order valence-corrected chi connectivity index (χ3v) is 4.80. The third kappa shape index (κ3) is 4.69. The molecule has 1 aromatic carbocycles. The summed E-state index contributed by atoms with van der Waals surface area (Å²) in [5, 5.41) is 1.85. The minimum absolute atomic E-state index is 0.0325. The number of methoxy groups -OCH3 is 1. The highest BCUT2D eigenvalue weighted by atomic mass is 32.2. The fourth-order valence-corrected chi connectivity index (χ4v) is 3.46. The second kappa shape index (κ2) is 8.89. The number of rotatable bonds is 9. The first-order valence-electron chi connectivity index (χ1n) is 7.93. The summed E-state index contributed by atoms with van der Waals surface area (Å²) in [6.07, 6.45) is 4.71. The first kappa shape index (κ1) is 17.8. The van der Waals surface area contributed by atoms with Gasteiger partial charge in [-0.3, -0.25) is 9.36 Å². The molecule has 23 heavy (non-hydrogen) atoms. The lowest BCUT2D eigenvalue weighted by molar-refractivity contribution is 0.189. The lowest BCUT2D eigenvalue weighted by Gasteiger charge is -2.16. The van der Waals surface area contributed by atoms with E-state index < -0.39 is 0 Å². The molecule has 2 aromatic rings. The van der Waals surface area contributed by atoms with E-state index in [0.717, 1.165) is 29.9 Å². The smallest absolute Gasteiger partial charge is 0.262 e. The second-order valence-electron chi connectivity index (χ2n) is 5.51. The topological polar surface area (TPSA) is 44.1 Å². The molecular formula is C18H24N2O2S. The molecule has 0 unspecified atom stereocenters. The Labute approximate surface area is 141 Å². The van der Waals surface area contributed by atoms with Crippen LogP contribution in [0.4, 0.5) is 0 Å². The Kier molecular flexibility index (Phi) is 6.86. The van der Waals surface area contributed by atoms with Crippen molar-refractivity contribution in [2.45, 2.75) is 43.1 Å². The molecule has 0 bridgehead atoms. The average Bonchev–Trinajstić information content (AvgIpc) is 2.56. The van der Waals surface area contributed by atoms with Crippen molar-refractivity contribution in [3.8, 4) is 0 Å². The summed E-state index contributed by atoms with van der Waals surface area (Å²) < 4.78 is 6.90. The summed E-state index contributed by atoms with van der Waals surface area (Å²) in [6, 6.07) is 7.53. The Bertz CT molecular complexity index is 712. The predicted octanol–water partition coefficient (Wildman–Crippen LogP) is 3.88. The predicted molar refractivity (Wildman–Crippen MR) is 97.2 cm³/mol. The van der Waals surface area contributed by atoms with Crippen molar-refractivity contribution in [1.82, 2.24) is 9.55 Å². The number of benzene rings is 1. The number of hydrogen-bond donors (Lipinski definition) is 0. The fourth-order valence-electron chi connectivity index (χ4n) is 2.39. The van der Waals surface area contributed by atoms with Gasteiger partial charge in [0.1, 0.15) is 0 Å². The molecule has 2 rings (SSSR count). The van der Waals surface area contributed by atoms with Crippen molar-refractivity contribution >= 4 is 22.7 Å². The molecule has 5 heteroatoms. The summed E-state index contributed by atoms with van der Waals surface area (Å²) in [7, 11) is 1.68. The van der Waals surface area contributed by atoms with E-state index in [1.165, 1.54) is 0 Å². The zero-order chi connectivity index (χ0) is 16.7. The highest BCUT2D eigenvalue weighted by molar-refractivity contribution is 7.99. The molecule has 0 saturated heterocycles. The molecular weight excluding hydrogens is 308 g/mol. The minimum atomic E-state index is 0.0325. The molecule has 0 N–H and O–H groups in total. The van der Waals surface area contributed by atoms with Crippen LogP contribution in [0.25, 0.3) is 10.9 Å². The number of ether oxygens (including phenoxy) is 1. The van der Waals surface area contributed by atoms with E-state index in [2.05, 4.69) is 13.5 Å². The van der Waals surface area contributed by atoms with Gasteiger partial charge in [-0.05, 0) is 31.4 Å². The average molecular weight is 332 g/mol. The summed E-state index contributed by atoms with van der Waals surface area (Å²) in [6.45, 7) is 7.19. The number of para-hydroxylation sites is 1. The standard InChI is InChI=1S/C18H24N2O2S/c1-4-5-9-14(2)23-18-19-16-11-7-6-10-15(16)17(21)20(18)12-8-13-22-3/h4,6-7,10-11,14H,1,5,8-9,12-13H2,2-3H3/t14-/m1/s1. The van der Waals surface area contributed by atoms with Gasteiger partial charge in [0.15, 0.2) is 5.16 Å². The minimum Gasteiger partial charge on any atom is -0.385 e. The van der Waals surface area contributed by atoms with Gasteiger partial charge in [0.25, 0.3) is 5.56 Å². The van der Waals surface area contributed by atoms with E-state index in [1.54, 1.807) is 23.4 Å². The Balaban J connectivity index is 2.36. The summed E-state index contributed by atoms with van der Waals surface area (Å²) in [4.78, 5) is 17.5. The lowest BCUT2D eigenvalue weighted by atomic mass is 10.2. The number of allylic oxidation sites excluding steroid dienone is 1. The van der Waals surface area contributed by atoms with E-state index >= 15 is 0 Å². The molecule has 0 radical (unpaired) electrons. The number of thioether (sulfide) groups is 1. The van der Waals surface area contributed by atoms with Crippen molar-refractivity contribution in [3.63, 3.8) is 0 Å². The van der Waals surface area contributed by atoms with Gasteiger partial charge in [0.05, 0.1) is 10.9 Å². The molecule has 4 nitrogen and oxygen atoms in total. The molecule has 0 aliphatic carbocycles. The van der Waals surface area contributed by atoms with Crippen LogP contribution in [0.2, 0.25) is 0 Å². The van der Waals surface area contributed by atoms with Crippen LogP contribution in [-0.2, 0) is 11.3 Å². The molecule has 0 aliphatic rings. The zero-order valence-electron chi connectivity index (χ0n) is 13.8. The normalized spacial score (nSPS) is 12.4. The summed E-state index contributed by atoms with van der Waals surface area (Å²) in [5.74, 6) is 0. The molecule has 0 amide bonds. The van der Waals surface area contributed by atoms with E-state index in [9.17, 15) is 4.79 Å². The van der Waals surface area contributed by atoms with Crippen LogP contribution in [-0.4, -0.2) is 28.5 Å². The molecule has 0 saturated carbocycles. The fraction of sp³-hybridized carbons (Fsp3) is 0.444. The maximum absolute atomic E-state index is 12.8. The highest BCUT2D eigenvalue weighted by Crippen LogP contribution is 2.25. The van der Waals surface area contributed by atoms with Gasteiger partial charge in [0.2, 0.25) is 0 Å². The van der Waals surface area contributed by atoms with E-state index in [0.29, 0.717) is 23.8 Å². The van der Waals surface area contributed by atoms with Crippen molar-refractivity contribution < 1.29 is 4.74 Å². The number of nitrogens with zero attached hydrogens (tertiary/aromatic N) is 2. The van der Waals surface area contributed by atoms with Crippen LogP contribution in [0, 0.1) is 0 Å². The van der Waals surface area contributed by atoms with E-state index in [-0.39, 0.29) is 5.56 Å². The Morgan fingerprint density at radius 3 is 2.96 bits per heavy atom. The third-order valence-electron chi connectivity index (χ3n) is 3.64. The van der Waals surface area contributed by atoms with Gasteiger partial charge < -0.3 is 4.74 Å². The van der Waals surface area contributed by atoms with E-state index in [4.69, 9.17) is 9.72 Å². The van der Waals surface area contributed by atoms with Crippen LogP contribution in [0.15, 0.2) is 46.9 Å². The second-order valence-corrected chi connectivity index (χ2v) is 6.91.